The third-order valence-corrected chi connectivity index (χ3v) is 13.0. The summed E-state index contributed by atoms with van der Waals surface area (Å²) in [5.41, 5.74) is 18.6. The SMILES string of the molecule is C1=CC(c2cc(-c3ccccc3)cc(-n3c4ccccc4c4cc(-c5ccc6c(c5)c5c(n6C6=CC(c7ccccc7)=CC(c7ccccc7)N6)C=CCC5)ccc43)c2)=CCC1. The molecule has 1 N–H and O–H groups in total. The molecule has 0 amide bonds. The molecular weight excluding hydrogens is 751 g/mol. The summed E-state index contributed by atoms with van der Waals surface area (Å²) in [7, 11) is 0. The summed E-state index contributed by atoms with van der Waals surface area (Å²) < 4.78 is 4.93. The van der Waals surface area contributed by atoms with E-state index in [0.717, 1.165) is 31.5 Å². The van der Waals surface area contributed by atoms with Gasteiger partial charge in [-0.2, -0.15) is 0 Å². The normalized spacial score (nSPS) is 15.9. The van der Waals surface area contributed by atoms with Crippen molar-refractivity contribution in [2.24, 2.45) is 0 Å². The number of fused-ring (bicyclic) bond motifs is 6. The molecule has 0 saturated carbocycles. The van der Waals surface area contributed by atoms with Crippen molar-refractivity contribution in [3.8, 4) is 27.9 Å². The van der Waals surface area contributed by atoms with Gasteiger partial charge in [-0.15, -0.1) is 0 Å². The van der Waals surface area contributed by atoms with Crippen LogP contribution in [-0.4, -0.2) is 9.13 Å². The molecule has 1 aliphatic heterocycles. The molecule has 3 heterocycles. The fraction of sp³-hybridized carbons (Fsp3) is 0.0847. The lowest BCUT2D eigenvalue weighted by Gasteiger charge is -2.27. The molecule has 12 rings (SSSR count). The van der Waals surface area contributed by atoms with Gasteiger partial charge in [0.05, 0.1) is 28.3 Å². The van der Waals surface area contributed by atoms with Crippen molar-refractivity contribution < 1.29 is 0 Å². The summed E-state index contributed by atoms with van der Waals surface area (Å²) >= 11 is 0. The van der Waals surface area contributed by atoms with E-state index in [1.165, 1.54) is 99.7 Å². The lowest BCUT2D eigenvalue weighted by molar-refractivity contribution is 0.732. The first-order valence-corrected chi connectivity index (χ1v) is 22.0. The predicted octanol–water partition coefficient (Wildman–Crippen LogP) is 15.0. The van der Waals surface area contributed by atoms with Gasteiger partial charge in [0.25, 0.3) is 0 Å². The molecule has 0 spiro atoms. The van der Waals surface area contributed by atoms with Crippen molar-refractivity contribution in [3.63, 3.8) is 0 Å². The maximum atomic E-state index is 3.95. The topological polar surface area (TPSA) is 21.9 Å². The zero-order valence-electron chi connectivity index (χ0n) is 34.5. The number of hydrogen-bond acceptors (Lipinski definition) is 1. The van der Waals surface area contributed by atoms with Gasteiger partial charge in [0.15, 0.2) is 0 Å². The molecule has 62 heavy (non-hydrogen) atoms. The molecular formula is C59H45N3. The van der Waals surface area contributed by atoms with E-state index in [-0.39, 0.29) is 6.04 Å². The molecule has 296 valence electrons. The van der Waals surface area contributed by atoms with Crippen LogP contribution in [0.4, 0.5) is 0 Å². The summed E-state index contributed by atoms with van der Waals surface area (Å²) in [5.74, 6) is 1.09. The first-order chi connectivity index (χ1) is 30.7. The van der Waals surface area contributed by atoms with Gasteiger partial charge in [0.1, 0.15) is 5.82 Å². The monoisotopic (exact) mass is 795 g/mol. The maximum absolute atomic E-state index is 3.95. The van der Waals surface area contributed by atoms with E-state index in [2.05, 4.69) is 227 Å². The number of benzene rings is 7. The zero-order valence-corrected chi connectivity index (χ0v) is 34.5. The first-order valence-electron chi connectivity index (χ1n) is 22.0. The number of aromatic nitrogens is 2. The molecule has 1 unspecified atom stereocenters. The van der Waals surface area contributed by atoms with Crippen LogP contribution in [0.1, 0.15) is 53.3 Å². The minimum Gasteiger partial charge on any atom is -0.361 e. The molecule has 2 aliphatic carbocycles. The molecule has 3 heteroatoms. The molecule has 2 aromatic heterocycles. The number of rotatable bonds is 7. The van der Waals surface area contributed by atoms with Gasteiger partial charge in [0, 0.05) is 21.8 Å². The van der Waals surface area contributed by atoms with Crippen molar-refractivity contribution in [2.45, 2.75) is 31.7 Å². The first kappa shape index (κ1) is 36.2. The highest BCUT2D eigenvalue weighted by atomic mass is 15.2. The highest BCUT2D eigenvalue weighted by Crippen LogP contribution is 2.41. The molecule has 3 aliphatic rings. The van der Waals surface area contributed by atoms with Crippen molar-refractivity contribution in [3.05, 3.63) is 234 Å². The molecule has 0 radical (unpaired) electrons. The summed E-state index contributed by atoms with van der Waals surface area (Å²) in [5, 5.41) is 7.78. The van der Waals surface area contributed by atoms with Crippen LogP contribution in [0, 0.1) is 0 Å². The van der Waals surface area contributed by atoms with Crippen LogP contribution in [0.2, 0.25) is 0 Å². The Balaban J connectivity index is 0.992. The van der Waals surface area contributed by atoms with Crippen molar-refractivity contribution in [1.82, 2.24) is 14.5 Å². The Morgan fingerprint density at radius 3 is 1.89 bits per heavy atom. The minimum atomic E-state index is 0.0359. The third-order valence-electron chi connectivity index (χ3n) is 13.0. The highest BCUT2D eigenvalue weighted by molar-refractivity contribution is 6.11. The highest BCUT2D eigenvalue weighted by Gasteiger charge is 2.25. The Kier molecular flexibility index (Phi) is 8.85. The van der Waals surface area contributed by atoms with E-state index in [4.69, 9.17) is 0 Å². The predicted molar refractivity (Wildman–Crippen MR) is 262 cm³/mol. The number of nitrogens with zero attached hydrogens (tertiary/aromatic N) is 2. The van der Waals surface area contributed by atoms with Gasteiger partial charge in [0.2, 0.25) is 0 Å². The number of aryl methyl sites for hydroxylation is 1. The third kappa shape index (κ3) is 6.28. The average Bonchev–Trinajstić information content (AvgIpc) is 3.87. The number of allylic oxidation sites excluding steroid dienone is 7. The smallest absolute Gasteiger partial charge is 0.112 e. The largest absolute Gasteiger partial charge is 0.361 e. The number of dihydropyridines is 1. The van der Waals surface area contributed by atoms with Crippen LogP contribution >= 0.6 is 0 Å². The van der Waals surface area contributed by atoms with Gasteiger partial charge in [-0.05, 0) is 148 Å². The minimum absolute atomic E-state index is 0.0359. The van der Waals surface area contributed by atoms with Crippen LogP contribution in [0.5, 0.6) is 0 Å². The van der Waals surface area contributed by atoms with E-state index < -0.39 is 0 Å². The Morgan fingerprint density at radius 1 is 0.452 bits per heavy atom. The van der Waals surface area contributed by atoms with E-state index in [1.54, 1.807) is 0 Å². The molecule has 1 atom stereocenters. The number of hydrogen-bond donors (Lipinski definition) is 1. The molecule has 0 saturated heterocycles. The van der Waals surface area contributed by atoms with E-state index >= 15 is 0 Å². The Bertz CT molecular complexity index is 3350. The van der Waals surface area contributed by atoms with Crippen molar-refractivity contribution >= 4 is 55.8 Å². The molecule has 3 nitrogen and oxygen atoms in total. The zero-order chi connectivity index (χ0) is 41.0. The van der Waals surface area contributed by atoms with Crippen LogP contribution in [0.3, 0.4) is 0 Å². The average molecular weight is 796 g/mol. The van der Waals surface area contributed by atoms with Crippen molar-refractivity contribution in [1.29, 1.82) is 0 Å². The standard InChI is InChI=1S/C59H45N3/c1-5-17-40(18-6-1)46-33-47(41-19-7-2-8-20-41)35-49(34-46)61-55-27-15-13-25-50(55)52-36-44(29-31-57(52)61)45-30-32-58-53(37-45)51-26-14-16-28-56(51)62(58)59-39-48(42-21-9-3-10-22-42)38-54(60-59)43-23-11-4-12-24-43/h1,3-7,9-13,15-25,27-39,54,60H,2,8,14,26H2. The second-order valence-corrected chi connectivity index (χ2v) is 16.8. The lowest BCUT2D eigenvalue weighted by Crippen LogP contribution is -2.25. The second-order valence-electron chi connectivity index (χ2n) is 16.8. The van der Waals surface area contributed by atoms with Gasteiger partial charge < -0.3 is 9.88 Å². The van der Waals surface area contributed by atoms with Crippen LogP contribution in [0.15, 0.2) is 206 Å². The summed E-state index contributed by atoms with van der Waals surface area (Å²) in [6, 6.07) is 62.5. The van der Waals surface area contributed by atoms with Gasteiger partial charge in [-0.3, -0.25) is 4.57 Å². The maximum Gasteiger partial charge on any atom is 0.112 e. The fourth-order valence-corrected chi connectivity index (χ4v) is 10.0. The van der Waals surface area contributed by atoms with Gasteiger partial charge in [-0.1, -0.05) is 146 Å². The Hall–Kier alpha value is -7.62. The summed E-state index contributed by atoms with van der Waals surface area (Å²) in [4.78, 5) is 0. The second kappa shape index (κ2) is 15.1. The van der Waals surface area contributed by atoms with Gasteiger partial charge in [-0.25, -0.2) is 0 Å². The molecule has 0 bridgehead atoms. The van der Waals surface area contributed by atoms with Crippen LogP contribution in [0.25, 0.3) is 83.7 Å². The lowest BCUT2D eigenvalue weighted by atomic mass is 9.95. The fourth-order valence-electron chi connectivity index (χ4n) is 10.0. The van der Waals surface area contributed by atoms with Crippen LogP contribution in [-0.2, 0) is 6.42 Å². The van der Waals surface area contributed by atoms with E-state index in [0.29, 0.717) is 0 Å². The quantitative estimate of drug-likeness (QED) is 0.170. The molecule has 7 aromatic carbocycles. The number of nitrogens with one attached hydrogen (secondary N) is 1. The molecule has 9 aromatic rings. The van der Waals surface area contributed by atoms with E-state index in [9.17, 15) is 0 Å². The number of para-hydroxylation sites is 1. The Morgan fingerprint density at radius 2 is 1.11 bits per heavy atom. The summed E-state index contributed by atoms with van der Waals surface area (Å²) in [6.45, 7) is 0. The Labute approximate surface area is 362 Å². The van der Waals surface area contributed by atoms with Crippen LogP contribution < -0.4 is 5.32 Å². The summed E-state index contributed by atoms with van der Waals surface area (Å²) in [6.07, 6.45) is 20.5. The van der Waals surface area contributed by atoms with Crippen molar-refractivity contribution in [2.75, 3.05) is 0 Å². The van der Waals surface area contributed by atoms with Gasteiger partial charge >= 0.3 is 0 Å². The van der Waals surface area contributed by atoms with E-state index in [1.807, 2.05) is 0 Å². The molecule has 0 fully saturated rings.